The van der Waals surface area contributed by atoms with E-state index in [1.807, 2.05) is 6.92 Å². The SMILES string of the molecule is COCCC1CCCc2c1c1c(N)nc(C)nc1n2-c1c(C)cc(C)cc1C. The number of nitrogens with zero attached hydrogens (tertiary/aromatic N) is 3. The van der Waals surface area contributed by atoms with Crippen LogP contribution in [0.2, 0.25) is 0 Å². The lowest BCUT2D eigenvalue weighted by molar-refractivity contribution is 0.185. The molecule has 5 nitrogen and oxygen atoms in total. The molecule has 3 aromatic rings. The lowest BCUT2D eigenvalue weighted by atomic mass is 9.83. The van der Waals surface area contributed by atoms with E-state index >= 15 is 0 Å². The number of rotatable bonds is 4. The van der Waals surface area contributed by atoms with E-state index in [1.165, 1.54) is 40.1 Å². The first kappa shape index (κ1) is 18.9. The van der Waals surface area contributed by atoms with Gasteiger partial charge in [-0.15, -0.1) is 0 Å². The van der Waals surface area contributed by atoms with Crippen molar-refractivity contribution in [2.75, 3.05) is 19.5 Å². The molecule has 0 bridgehead atoms. The summed E-state index contributed by atoms with van der Waals surface area (Å²) in [4.78, 5) is 9.39. The highest BCUT2D eigenvalue weighted by Gasteiger charge is 2.31. The van der Waals surface area contributed by atoms with Gasteiger partial charge < -0.3 is 10.5 Å². The summed E-state index contributed by atoms with van der Waals surface area (Å²) >= 11 is 0. The second-order valence-electron chi connectivity index (χ2n) is 8.17. The molecule has 2 aromatic heterocycles. The number of benzene rings is 1. The van der Waals surface area contributed by atoms with Crippen molar-refractivity contribution in [1.29, 1.82) is 0 Å². The minimum Gasteiger partial charge on any atom is -0.385 e. The Kier molecular flexibility index (Phi) is 4.88. The maximum Gasteiger partial charge on any atom is 0.150 e. The fourth-order valence-electron chi connectivity index (χ4n) is 5.05. The highest BCUT2D eigenvalue weighted by atomic mass is 16.5. The molecule has 1 aliphatic carbocycles. The first-order valence-corrected chi connectivity index (χ1v) is 10.2. The topological polar surface area (TPSA) is 66.0 Å². The van der Waals surface area contributed by atoms with Crippen LogP contribution in [0.25, 0.3) is 16.7 Å². The van der Waals surface area contributed by atoms with Crippen molar-refractivity contribution in [3.63, 3.8) is 0 Å². The van der Waals surface area contributed by atoms with E-state index in [9.17, 15) is 0 Å². The molecule has 1 aromatic carbocycles. The number of ether oxygens (including phenoxy) is 1. The Morgan fingerprint density at radius 3 is 2.54 bits per heavy atom. The monoisotopic (exact) mass is 378 g/mol. The van der Waals surface area contributed by atoms with Gasteiger partial charge in [0.2, 0.25) is 0 Å². The Morgan fingerprint density at radius 2 is 1.86 bits per heavy atom. The largest absolute Gasteiger partial charge is 0.385 e. The highest BCUT2D eigenvalue weighted by molar-refractivity contribution is 5.93. The smallest absolute Gasteiger partial charge is 0.150 e. The van der Waals surface area contributed by atoms with Gasteiger partial charge in [0.15, 0.2) is 5.65 Å². The first-order chi connectivity index (χ1) is 13.4. The fourth-order valence-corrected chi connectivity index (χ4v) is 5.05. The summed E-state index contributed by atoms with van der Waals surface area (Å²) in [5, 5.41) is 1.04. The van der Waals surface area contributed by atoms with Gasteiger partial charge in [0, 0.05) is 19.4 Å². The standard InChI is InChI=1S/C23H30N4O/c1-13-11-14(2)21(15(3)12-13)27-18-8-6-7-17(9-10-28-5)19(18)20-22(24)25-16(4)26-23(20)27/h11-12,17H,6-10H2,1-5H3,(H2,24,25,26). The zero-order valence-corrected chi connectivity index (χ0v) is 17.6. The van der Waals surface area contributed by atoms with Crippen LogP contribution in [0, 0.1) is 27.7 Å². The molecule has 4 rings (SSSR count). The van der Waals surface area contributed by atoms with Crippen LogP contribution in [0.3, 0.4) is 0 Å². The van der Waals surface area contributed by atoms with Crippen molar-refractivity contribution in [2.45, 2.75) is 59.3 Å². The van der Waals surface area contributed by atoms with Crippen molar-refractivity contribution >= 4 is 16.9 Å². The molecule has 0 saturated carbocycles. The number of nitrogen functional groups attached to an aromatic ring is 1. The van der Waals surface area contributed by atoms with Crippen LogP contribution in [0.4, 0.5) is 5.82 Å². The fraction of sp³-hybridized carbons (Fsp3) is 0.478. The molecule has 1 atom stereocenters. The number of anilines is 1. The molecule has 0 radical (unpaired) electrons. The molecule has 5 heteroatoms. The van der Waals surface area contributed by atoms with Crippen molar-refractivity contribution in [1.82, 2.24) is 14.5 Å². The summed E-state index contributed by atoms with van der Waals surface area (Å²) in [6.07, 6.45) is 4.38. The van der Waals surface area contributed by atoms with E-state index in [0.29, 0.717) is 11.7 Å². The number of fused-ring (bicyclic) bond motifs is 3. The second kappa shape index (κ2) is 7.21. The third-order valence-corrected chi connectivity index (χ3v) is 6.00. The van der Waals surface area contributed by atoms with Gasteiger partial charge in [0.05, 0.1) is 11.1 Å². The third kappa shape index (κ3) is 2.98. The molecule has 2 heterocycles. The summed E-state index contributed by atoms with van der Waals surface area (Å²) in [5.74, 6) is 1.76. The molecule has 148 valence electrons. The van der Waals surface area contributed by atoms with Gasteiger partial charge in [-0.05, 0) is 76.0 Å². The van der Waals surface area contributed by atoms with Gasteiger partial charge in [-0.25, -0.2) is 9.97 Å². The minimum atomic E-state index is 0.437. The summed E-state index contributed by atoms with van der Waals surface area (Å²) < 4.78 is 7.77. The molecular formula is C23H30N4O. The van der Waals surface area contributed by atoms with Crippen molar-refractivity contribution in [2.24, 2.45) is 0 Å². The van der Waals surface area contributed by atoms with Crippen LogP contribution in [0.1, 0.15) is 59.0 Å². The maximum absolute atomic E-state index is 6.47. The Morgan fingerprint density at radius 1 is 1.14 bits per heavy atom. The van der Waals surface area contributed by atoms with E-state index in [4.69, 9.17) is 15.5 Å². The van der Waals surface area contributed by atoms with Crippen LogP contribution in [0.15, 0.2) is 12.1 Å². The number of nitrogens with two attached hydrogens (primary N) is 1. The van der Waals surface area contributed by atoms with E-state index in [0.717, 1.165) is 42.7 Å². The number of hydrogen-bond donors (Lipinski definition) is 1. The van der Waals surface area contributed by atoms with E-state index in [1.54, 1.807) is 7.11 Å². The quantitative estimate of drug-likeness (QED) is 0.715. The second-order valence-corrected chi connectivity index (χ2v) is 8.17. The summed E-state index contributed by atoms with van der Waals surface area (Å²) in [6, 6.07) is 4.51. The average molecular weight is 379 g/mol. The Labute approximate surface area is 166 Å². The number of methoxy groups -OCH3 is 1. The molecule has 28 heavy (non-hydrogen) atoms. The lowest BCUT2D eigenvalue weighted by Gasteiger charge is -2.25. The highest BCUT2D eigenvalue weighted by Crippen LogP contribution is 2.44. The Hall–Kier alpha value is -2.40. The number of hydrogen-bond acceptors (Lipinski definition) is 4. The molecule has 0 aliphatic heterocycles. The molecule has 1 unspecified atom stereocenters. The van der Waals surface area contributed by atoms with E-state index < -0.39 is 0 Å². The summed E-state index contributed by atoms with van der Waals surface area (Å²) in [6.45, 7) is 9.21. The van der Waals surface area contributed by atoms with Crippen LogP contribution in [-0.4, -0.2) is 28.3 Å². The summed E-state index contributed by atoms with van der Waals surface area (Å²) in [5.41, 5.74) is 15.2. The predicted molar refractivity (Wildman–Crippen MR) is 114 cm³/mol. The van der Waals surface area contributed by atoms with E-state index in [2.05, 4.69) is 42.5 Å². The zero-order valence-electron chi connectivity index (χ0n) is 17.6. The van der Waals surface area contributed by atoms with E-state index in [-0.39, 0.29) is 0 Å². The molecule has 2 N–H and O–H groups in total. The molecule has 1 aliphatic rings. The van der Waals surface area contributed by atoms with Gasteiger partial charge in [-0.1, -0.05) is 17.7 Å². The molecule has 0 amide bonds. The predicted octanol–water partition coefficient (Wildman–Crippen LogP) is 4.69. The third-order valence-electron chi connectivity index (χ3n) is 6.00. The molecule has 0 fully saturated rings. The lowest BCUT2D eigenvalue weighted by Crippen LogP contribution is -2.14. The van der Waals surface area contributed by atoms with Crippen molar-refractivity contribution in [3.05, 3.63) is 45.9 Å². The van der Waals surface area contributed by atoms with Crippen LogP contribution < -0.4 is 5.73 Å². The van der Waals surface area contributed by atoms with Crippen LogP contribution in [-0.2, 0) is 11.2 Å². The molecule has 0 spiro atoms. The van der Waals surface area contributed by atoms with Crippen LogP contribution in [0.5, 0.6) is 0 Å². The average Bonchev–Trinajstić information content (AvgIpc) is 2.94. The van der Waals surface area contributed by atoms with Gasteiger partial charge in [0.1, 0.15) is 11.6 Å². The first-order valence-electron chi connectivity index (χ1n) is 10.2. The minimum absolute atomic E-state index is 0.437. The molecule has 0 saturated heterocycles. The summed E-state index contributed by atoms with van der Waals surface area (Å²) in [7, 11) is 1.77. The van der Waals surface area contributed by atoms with Crippen molar-refractivity contribution < 1.29 is 4.74 Å². The number of aromatic nitrogens is 3. The van der Waals surface area contributed by atoms with Gasteiger partial charge in [-0.2, -0.15) is 0 Å². The van der Waals surface area contributed by atoms with Gasteiger partial charge in [-0.3, -0.25) is 4.57 Å². The Bertz CT molecular complexity index is 1030. The Balaban J connectivity index is 2.08. The molecular weight excluding hydrogens is 348 g/mol. The van der Waals surface area contributed by atoms with Gasteiger partial charge >= 0.3 is 0 Å². The maximum atomic E-state index is 6.47. The van der Waals surface area contributed by atoms with Gasteiger partial charge in [0.25, 0.3) is 0 Å². The number of aryl methyl sites for hydroxylation is 4. The van der Waals surface area contributed by atoms with Crippen LogP contribution >= 0.6 is 0 Å². The van der Waals surface area contributed by atoms with Crippen molar-refractivity contribution in [3.8, 4) is 5.69 Å². The zero-order chi connectivity index (χ0) is 20.0. The normalized spacial score (nSPS) is 16.5.